The molecular formula is C16H22FNO3. The van der Waals surface area contributed by atoms with Crippen LogP contribution in [0.15, 0.2) is 24.3 Å². The normalized spacial score (nSPS) is 11.9. The minimum Gasteiger partial charge on any atom is -0.481 e. The first-order valence-corrected chi connectivity index (χ1v) is 7.23. The van der Waals surface area contributed by atoms with Crippen LogP contribution in [0.4, 0.5) is 4.39 Å². The highest BCUT2D eigenvalue weighted by atomic mass is 19.1. The van der Waals surface area contributed by atoms with Gasteiger partial charge < -0.3 is 10.4 Å². The average molecular weight is 295 g/mol. The van der Waals surface area contributed by atoms with Crippen molar-refractivity contribution in [1.29, 1.82) is 0 Å². The first-order valence-electron chi connectivity index (χ1n) is 7.23. The highest BCUT2D eigenvalue weighted by Crippen LogP contribution is 2.18. The molecule has 0 saturated heterocycles. The number of carboxylic acids is 1. The molecule has 1 aromatic carbocycles. The molecule has 0 fully saturated rings. The molecule has 21 heavy (non-hydrogen) atoms. The Bertz CT molecular complexity index is 459. The third-order valence-electron chi connectivity index (χ3n) is 3.32. The zero-order valence-corrected chi connectivity index (χ0v) is 12.3. The number of halogens is 1. The molecule has 0 radical (unpaired) electrons. The lowest BCUT2D eigenvalue weighted by Gasteiger charge is -2.12. The summed E-state index contributed by atoms with van der Waals surface area (Å²) < 4.78 is 12.8. The van der Waals surface area contributed by atoms with Crippen molar-refractivity contribution < 1.29 is 19.1 Å². The largest absolute Gasteiger partial charge is 0.481 e. The van der Waals surface area contributed by atoms with Crippen molar-refractivity contribution in [2.24, 2.45) is 0 Å². The highest BCUT2D eigenvalue weighted by Gasteiger charge is 2.10. The quantitative estimate of drug-likeness (QED) is 0.688. The van der Waals surface area contributed by atoms with Gasteiger partial charge in [-0.15, -0.1) is 0 Å². The van der Waals surface area contributed by atoms with Gasteiger partial charge in [-0.05, 0) is 36.5 Å². The number of carboxylic acid groups (broad SMARTS) is 1. The number of amides is 1. The van der Waals surface area contributed by atoms with E-state index in [1.807, 2.05) is 6.92 Å². The van der Waals surface area contributed by atoms with Gasteiger partial charge in [0.2, 0.25) is 5.91 Å². The predicted octanol–water partition coefficient (Wildman–Crippen LogP) is 3.08. The Balaban J connectivity index is 2.18. The van der Waals surface area contributed by atoms with E-state index in [-0.39, 0.29) is 24.1 Å². The van der Waals surface area contributed by atoms with E-state index in [4.69, 9.17) is 5.11 Å². The Kier molecular flexibility index (Phi) is 7.43. The summed E-state index contributed by atoms with van der Waals surface area (Å²) in [6, 6.07) is 6.18. The van der Waals surface area contributed by atoms with E-state index in [1.165, 1.54) is 12.1 Å². The molecule has 2 N–H and O–H groups in total. The Morgan fingerprint density at radius 2 is 1.86 bits per heavy atom. The monoisotopic (exact) mass is 295 g/mol. The standard InChI is InChI=1S/C16H22FNO3/c1-12(13-6-8-14(17)9-7-13)11-15(19)18-10-4-2-3-5-16(20)21/h6-9,12H,2-5,10-11H2,1H3,(H,18,19)(H,20,21). The van der Waals surface area contributed by atoms with E-state index in [0.717, 1.165) is 18.4 Å². The van der Waals surface area contributed by atoms with E-state index >= 15 is 0 Å². The van der Waals surface area contributed by atoms with Gasteiger partial charge in [-0.25, -0.2) is 4.39 Å². The molecule has 116 valence electrons. The number of hydrogen-bond donors (Lipinski definition) is 2. The van der Waals surface area contributed by atoms with Gasteiger partial charge in [0.25, 0.3) is 0 Å². The Morgan fingerprint density at radius 3 is 2.48 bits per heavy atom. The van der Waals surface area contributed by atoms with Crippen LogP contribution in [0.25, 0.3) is 0 Å². The van der Waals surface area contributed by atoms with E-state index in [9.17, 15) is 14.0 Å². The van der Waals surface area contributed by atoms with Crippen LogP contribution in [0, 0.1) is 5.82 Å². The third-order valence-corrected chi connectivity index (χ3v) is 3.32. The SMILES string of the molecule is CC(CC(=O)NCCCCCC(=O)O)c1ccc(F)cc1. The van der Waals surface area contributed by atoms with E-state index in [1.54, 1.807) is 12.1 Å². The Labute approximate surface area is 124 Å². The predicted molar refractivity (Wildman–Crippen MR) is 78.5 cm³/mol. The maximum absolute atomic E-state index is 12.8. The molecule has 5 heteroatoms. The number of carbonyl (C=O) groups is 2. The Hall–Kier alpha value is -1.91. The maximum atomic E-state index is 12.8. The van der Waals surface area contributed by atoms with Crippen molar-refractivity contribution in [1.82, 2.24) is 5.32 Å². The fraction of sp³-hybridized carbons (Fsp3) is 0.500. The first kappa shape index (κ1) is 17.1. The van der Waals surface area contributed by atoms with E-state index in [0.29, 0.717) is 19.4 Å². The fourth-order valence-corrected chi connectivity index (χ4v) is 2.07. The molecule has 0 heterocycles. The first-order chi connectivity index (χ1) is 9.99. The molecule has 0 spiro atoms. The number of carbonyl (C=O) groups excluding carboxylic acids is 1. The molecule has 0 aliphatic heterocycles. The van der Waals surface area contributed by atoms with Gasteiger partial charge in [0.1, 0.15) is 5.82 Å². The number of unbranched alkanes of at least 4 members (excludes halogenated alkanes) is 2. The van der Waals surface area contributed by atoms with Gasteiger partial charge >= 0.3 is 5.97 Å². The van der Waals surface area contributed by atoms with Crippen LogP contribution in [0.3, 0.4) is 0 Å². The van der Waals surface area contributed by atoms with Crippen molar-refractivity contribution in [2.45, 2.75) is 44.9 Å². The molecule has 0 aliphatic rings. The van der Waals surface area contributed by atoms with Gasteiger partial charge in [-0.3, -0.25) is 9.59 Å². The second-order valence-corrected chi connectivity index (χ2v) is 5.21. The molecule has 1 unspecified atom stereocenters. The third kappa shape index (κ3) is 7.44. The number of rotatable bonds is 9. The van der Waals surface area contributed by atoms with Crippen molar-refractivity contribution >= 4 is 11.9 Å². The Morgan fingerprint density at radius 1 is 1.19 bits per heavy atom. The molecule has 1 atom stereocenters. The molecule has 0 aromatic heterocycles. The molecular weight excluding hydrogens is 273 g/mol. The summed E-state index contributed by atoms with van der Waals surface area (Å²) in [5.74, 6) is -1.06. The summed E-state index contributed by atoms with van der Waals surface area (Å²) in [6.45, 7) is 2.49. The molecule has 4 nitrogen and oxygen atoms in total. The summed E-state index contributed by atoms with van der Waals surface area (Å²) in [6.07, 6.45) is 2.75. The zero-order valence-electron chi connectivity index (χ0n) is 12.3. The minimum atomic E-state index is -0.785. The molecule has 1 amide bonds. The zero-order chi connectivity index (χ0) is 15.7. The summed E-state index contributed by atoms with van der Waals surface area (Å²) in [4.78, 5) is 22.1. The highest BCUT2D eigenvalue weighted by molar-refractivity contribution is 5.76. The molecule has 0 saturated carbocycles. The van der Waals surface area contributed by atoms with Gasteiger partial charge in [0.15, 0.2) is 0 Å². The minimum absolute atomic E-state index is 0.0370. The van der Waals surface area contributed by atoms with Crippen LogP contribution in [0.5, 0.6) is 0 Å². The van der Waals surface area contributed by atoms with Gasteiger partial charge in [0.05, 0.1) is 0 Å². The van der Waals surface area contributed by atoms with E-state index < -0.39 is 5.97 Å². The lowest BCUT2D eigenvalue weighted by molar-refractivity contribution is -0.137. The van der Waals surface area contributed by atoms with Crippen molar-refractivity contribution in [3.05, 3.63) is 35.6 Å². The lowest BCUT2D eigenvalue weighted by Crippen LogP contribution is -2.25. The number of nitrogens with one attached hydrogen (secondary N) is 1. The average Bonchev–Trinajstić information content (AvgIpc) is 2.43. The summed E-state index contributed by atoms with van der Waals surface area (Å²) >= 11 is 0. The summed E-state index contributed by atoms with van der Waals surface area (Å²) in [5.41, 5.74) is 0.938. The van der Waals surface area contributed by atoms with Crippen LogP contribution in [0.2, 0.25) is 0 Å². The topological polar surface area (TPSA) is 66.4 Å². The van der Waals surface area contributed by atoms with Crippen LogP contribution in [-0.4, -0.2) is 23.5 Å². The molecule has 1 aromatic rings. The summed E-state index contributed by atoms with van der Waals surface area (Å²) in [5, 5.41) is 11.3. The van der Waals surface area contributed by atoms with Crippen LogP contribution in [0.1, 0.15) is 50.5 Å². The van der Waals surface area contributed by atoms with Crippen molar-refractivity contribution in [2.75, 3.05) is 6.54 Å². The van der Waals surface area contributed by atoms with E-state index in [2.05, 4.69) is 5.32 Å². The van der Waals surface area contributed by atoms with Gasteiger partial charge in [-0.1, -0.05) is 25.5 Å². The van der Waals surface area contributed by atoms with Crippen LogP contribution < -0.4 is 5.32 Å². The second kappa shape index (κ2) is 9.10. The van der Waals surface area contributed by atoms with Gasteiger partial charge in [0, 0.05) is 19.4 Å². The van der Waals surface area contributed by atoms with Crippen molar-refractivity contribution in [3.8, 4) is 0 Å². The molecule has 0 bridgehead atoms. The van der Waals surface area contributed by atoms with Gasteiger partial charge in [-0.2, -0.15) is 0 Å². The number of benzene rings is 1. The van der Waals surface area contributed by atoms with Crippen LogP contribution in [-0.2, 0) is 9.59 Å². The van der Waals surface area contributed by atoms with Crippen LogP contribution >= 0.6 is 0 Å². The number of aliphatic carboxylic acids is 1. The maximum Gasteiger partial charge on any atom is 0.303 e. The van der Waals surface area contributed by atoms with Crippen molar-refractivity contribution in [3.63, 3.8) is 0 Å². The smallest absolute Gasteiger partial charge is 0.303 e. The number of hydrogen-bond acceptors (Lipinski definition) is 2. The fourth-order valence-electron chi connectivity index (χ4n) is 2.07. The molecule has 0 aliphatic carbocycles. The summed E-state index contributed by atoms with van der Waals surface area (Å²) in [7, 11) is 0. The molecule has 1 rings (SSSR count). The lowest BCUT2D eigenvalue weighted by atomic mass is 9.97. The second-order valence-electron chi connectivity index (χ2n) is 5.21.